The number of hydrogen-bond donors (Lipinski definition) is 2. The summed E-state index contributed by atoms with van der Waals surface area (Å²) in [5.41, 5.74) is 6.09. The van der Waals surface area contributed by atoms with E-state index < -0.39 is 0 Å². The Balaban J connectivity index is 0.00000220. The minimum absolute atomic E-state index is 0. The number of methoxy groups -OCH3 is 2. The van der Waals surface area contributed by atoms with Crippen LogP contribution in [-0.2, 0) is 0 Å². The normalized spacial score (nSPS) is 16.0. The maximum Gasteiger partial charge on any atom is 0.255 e. The van der Waals surface area contributed by atoms with Crippen molar-refractivity contribution in [1.29, 1.82) is 0 Å². The Morgan fingerprint density at radius 1 is 1.29 bits per heavy atom. The number of rotatable bonds is 5. The first kappa shape index (κ1) is 17.6. The molecule has 1 amide bonds. The van der Waals surface area contributed by atoms with Crippen molar-refractivity contribution in [3.05, 3.63) is 23.8 Å². The monoisotopic (exact) mass is 314 g/mol. The molecule has 2 rings (SSSR count). The van der Waals surface area contributed by atoms with Gasteiger partial charge < -0.3 is 20.5 Å². The van der Waals surface area contributed by atoms with Crippen LogP contribution in [0.25, 0.3) is 0 Å². The van der Waals surface area contributed by atoms with Gasteiger partial charge in [0, 0.05) is 12.6 Å². The van der Waals surface area contributed by atoms with Gasteiger partial charge in [0.25, 0.3) is 5.91 Å². The van der Waals surface area contributed by atoms with E-state index in [1.165, 1.54) is 0 Å². The molecule has 0 aromatic heterocycles. The van der Waals surface area contributed by atoms with E-state index in [1.54, 1.807) is 32.4 Å². The van der Waals surface area contributed by atoms with Gasteiger partial charge in [0.2, 0.25) is 0 Å². The number of ether oxygens (including phenoxy) is 2. The summed E-state index contributed by atoms with van der Waals surface area (Å²) in [6.07, 6.45) is 4.09. The zero-order valence-corrected chi connectivity index (χ0v) is 13.3. The third-order valence-electron chi connectivity index (χ3n) is 3.98. The van der Waals surface area contributed by atoms with Gasteiger partial charge in [-0.15, -0.1) is 12.4 Å². The standard InChI is InChI=1S/C15H22N2O3.ClH/c1-19-11-5-6-12(13(9-11)20-2)14(18)17-15(10-16)7-3-4-8-15;/h5-6,9H,3-4,7-8,10,16H2,1-2H3,(H,17,18);1H. The molecule has 21 heavy (non-hydrogen) atoms. The van der Waals surface area contributed by atoms with Crippen LogP contribution in [0.2, 0.25) is 0 Å². The lowest BCUT2D eigenvalue weighted by molar-refractivity contribution is 0.0900. The number of carbonyl (C=O) groups excluding carboxylic acids is 1. The second-order valence-corrected chi connectivity index (χ2v) is 5.21. The molecular weight excluding hydrogens is 292 g/mol. The molecule has 1 fully saturated rings. The van der Waals surface area contributed by atoms with Crippen molar-refractivity contribution in [3.8, 4) is 11.5 Å². The second-order valence-electron chi connectivity index (χ2n) is 5.21. The molecule has 1 saturated carbocycles. The number of benzene rings is 1. The van der Waals surface area contributed by atoms with Gasteiger partial charge in [-0.1, -0.05) is 12.8 Å². The Bertz CT molecular complexity index is 488. The highest BCUT2D eigenvalue weighted by Crippen LogP contribution is 2.30. The summed E-state index contributed by atoms with van der Waals surface area (Å²) >= 11 is 0. The lowest BCUT2D eigenvalue weighted by Crippen LogP contribution is -2.51. The lowest BCUT2D eigenvalue weighted by Gasteiger charge is -2.29. The van der Waals surface area contributed by atoms with Gasteiger partial charge in [-0.05, 0) is 25.0 Å². The summed E-state index contributed by atoms with van der Waals surface area (Å²) in [5.74, 6) is 1.02. The fourth-order valence-corrected chi connectivity index (χ4v) is 2.73. The average Bonchev–Trinajstić information content (AvgIpc) is 2.95. The summed E-state index contributed by atoms with van der Waals surface area (Å²) < 4.78 is 10.4. The van der Waals surface area contributed by atoms with Crippen molar-refractivity contribution in [1.82, 2.24) is 5.32 Å². The molecule has 6 heteroatoms. The van der Waals surface area contributed by atoms with E-state index >= 15 is 0 Å². The Hall–Kier alpha value is -1.46. The third-order valence-corrected chi connectivity index (χ3v) is 3.98. The van der Waals surface area contributed by atoms with Gasteiger partial charge in [-0.25, -0.2) is 0 Å². The fraction of sp³-hybridized carbons (Fsp3) is 0.533. The molecule has 3 N–H and O–H groups in total. The molecule has 0 bridgehead atoms. The van der Waals surface area contributed by atoms with Crippen LogP contribution in [0.3, 0.4) is 0 Å². The van der Waals surface area contributed by atoms with E-state index in [1.807, 2.05) is 0 Å². The molecule has 0 heterocycles. The van der Waals surface area contributed by atoms with Gasteiger partial charge in [0.1, 0.15) is 11.5 Å². The predicted molar refractivity (Wildman–Crippen MR) is 84.5 cm³/mol. The second kappa shape index (κ2) is 7.52. The molecule has 0 atom stereocenters. The number of amides is 1. The predicted octanol–water partition coefficient (Wildman–Crippen LogP) is 2.13. The van der Waals surface area contributed by atoms with Gasteiger partial charge in [-0.3, -0.25) is 4.79 Å². The average molecular weight is 315 g/mol. The maximum absolute atomic E-state index is 12.5. The highest BCUT2D eigenvalue weighted by Gasteiger charge is 2.34. The highest BCUT2D eigenvalue weighted by molar-refractivity contribution is 5.97. The minimum atomic E-state index is -0.262. The largest absolute Gasteiger partial charge is 0.497 e. The van der Waals surface area contributed by atoms with Gasteiger partial charge in [-0.2, -0.15) is 0 Å². The van der Waals surface area contributed by atoms with Crippen molar-refractivity contribution in [2.45, 2.75) is 31.2 Å². The third kappa shape index (κ3) is 3.80. The lowest BCUT2D eigenvalue weighted by atomic mass is 9.97. The van der Waals surface area contributed by atoms with Crippen LogP contribution in [0, 0.1) is 0 Å². The van der Waals surface area contributed by atoms with Crippen LogP contribution in [-0.4, -0.2) is 32.2 Å². The molecule has 0 radical (unpaired) electrons. The van der Waals surface area contributed by atoms with Crippen molar-refractivity contribution < 1.29 is 14.3 Å². The van der Waals surface area contributed by atoms with E-state index in [0.29, 0.717) is 23.6 Å². The van der Waals surface area contributed by atoms with Crippen molar-refractivity contribution in [2.24, 2.45) is 5.73 Å². The maximum atomic E-state index is 12.5. The zero-order valence-electron chi connectivity index (χ0n) is 12.5. The number of carbonyl (C=O) groups is 1. The molecule has 118 valence electrons. The molecule has 1 aliphatic rings. The molecule has 0 unspecified atom stereocenters. The van der Waals surface area contributed by atoms with Crippen LogP contribution in [0.15, 0.2) is 18.2 Å². The Morgan fingerprint density at radius 3 is 2.48 bits per heavy atom. The SMILES string of the molecule is COc1ccc(C(=O)NC2(CN)CCCC2)c(OC)c1.Cl. The summed E-state index contributed by atoms with van der Waals surface area (Å²) in [5, 5.41) is 3.09. The molecule has 1 aliphatic carbocycles. The van der Waals surface area contributed by atoms with E-state index in [9.17, 15) is 4.79 Å². The molecule has 1 aromatic rings. The first-order chi connectivity index (χ1) is 9.64. The molecule has 0 spiro atoms. The van der Waals surface area contributed by atoms with Crippen molar-refractivity contribution in [3.63, 3.8) is 0 Å². The first-order valence-corrected chi connectivity index (χ1v) is 6.89. The van der Waals surface area contributed by atoms with Crippen molar-refractivity contribution >= 4 is 18.3 Å². The van der Waals surface area contributed by atoms with Crippen LogP contribution in [0.5, 0.6) is 11.5 Å². The number of halogens is 1. The Kier molecular flexibility index (Phi) is 6.30. The summed E-state index contributed by atoms with van der Waals surface area (Å²) in [7, 11) is 3.12. The van der Waals surface area contributed by atoms with Gasteiger partial charge in [0.05, 0.1) is 25.3 Å². The van der Waals surface area contributed by atoms with Crippen LogP contribution in [0.1, 0.15) is 36.0 Å². The number of nitrogens with two attached hydrogens (primary N) is 1. The number of hydrogen-bond acceptors (Lipinski definition) is 4. The highest BCUT2D eigenvalue weighted by atomic mass is 35.5. The topological polar surface area (TPSA) is 73.6 Å². The van der Waals surface area contributed by atoms with Crippen LogP contribution >= 0.6 is 12.4 Å². The van der Waals surface area contributed by atoms with E-state index in [-0.39, 0.29) is 23.9 Å². The molecule has 0 aliphatic heterocycles. The summed E-state index contributed by atoms with van der Waals surface area (Å²) in [4.78, 5) is 12.5. The number of nitrogens with one attached hydrogen (secondary N) is 1. The minimum Gasteiger partial charge on any atom is -0.497 e. The van der Waals surface area contributed by atoms with Crippen LogP contribution in [0.4, 0.5) is 0 Å². The molecule has 5 nitrogen and oxygen atoms in total. The van der Waals surface area contributed by atoms with Gasteiger partial charge >= 0.3 is 0 Å². The zero-order chi connectivity index (χ0) is 14.6. The van der Waals surface area contributed by atoms with Gasteiger partial charge in [0.15, 0.2) is 0 Å². The summed E-state index contributed by atoms with van der Waals surface area (Å²) in [6, 6.07) is 5.17. The fourth-order valence-electron chi connectivity index (χ4n) is 2.73. The smallest absolute Gasteiger partial charge is 0.255 e. The quantitative estimate of drug-likeness (QED) is 0.873. The van der Waals surface area contributed by atoms with E-state index in [2.05, 4.69) is 5.32 Å². The van der Waals surface area contributed by atoms with E-state index in [0.717, 1.165) is 25.7 Å². The Labute approximate surface area is 131 Å². The molecular formula is C15H23ClN2O3. The summed E-state index contributed by atoms with van der Waals surface area (Å²) in [6.45, 7) is 0.469. The van der Waals surface area contributed by atoms with E-state index in [4.69, 9.17) is 15.2 Å². The molecule has 1 aromatic carbocycles. The first-order valence-electron chi connectivity index (χ1n) is 6.89. The van der Waals surface area contributed by atoms with Crippen molar-refractivity contribution in [2.75, 3.05) is 20.8 Å². The van der Waals surface area contributed by atoms with Crippen LogP contribution < -0.4 is 20.5 Å². The Morgan fingerprint density at radius 2 is 1.95 bits per heavy atom. The molecule has 0 saturated heterocycles.